The van der Waals surface area contributed by atoms with E-state index in [0.29, 0.717) is 6.04 Å². The first-order valence-electron chi connectivity index (χ1n) is 3.53. The third kappa shape index (κ3) is 5.25. The Labute approximate surface area is 68.1 Å². The van der Waals surface area contributed by atoms with Gasteiger partial charge in [-0.2, -0.15) is 5.10 Å². The number of rotatable bonds is 4. The maximum absolute atomic E-state index is 3.88. The van der Waals surface area contributed by atoms with Gasteiger partial charge >= 0.3 is 0 Å². The lowest BCUT2D eigenvalue weighted by atomic mass is 10.4. The Hall–Kier alpha value is -1.21. The normalized spacial score (nSPS) is 9.82. The Kier molecular flexibility index (Phi) is 4.95. The third-order valence-electron chi connectivity index (χ3n) is 1.30. The fourth-order valence-electron chi connectivity index (χ4n) is 0.341. The lowest BCUT2D eigenvalue weighted by Crippen LogP contribution is -2.25. The lowest BCUT2D eigenvalue weighted by molar-refractivity contribution is 0.427. The Bertz CT molecular complexity index is 166. The Morgan fingerprint density at radius 1 is 1.64 bits per heavy atom. The van der Waals surface area contributed by atoms with Crippen LogP contribution in [0.2, 0.25) is 0 Å². The van der Waals surface area contributed by atoms with E-state index in [-0.39, 0.29) is 0 Å². The van der Waals surface area contributed by atoms with E-state index in [1.54, 1.807) is 12.5 Å². The van der Waals surface area contributed by atoms with E-state index in [9.17, 15) is 0 Å². The summed E-state index contributed by atoms with van der Waals surface area (Å²) in [7, 11) is 1.97. The monoisotopic (exact) mass is 153 g/mol. The number of hydrazone groups is 1. The third-order valence-corrected chi connectivity index (χ3v) is 1.30. The molecule has 0 aliphatic carbocycles. The Balaban J connectivity index is 3.64. The molecule has 0 aliphatic heterocycles. The highest BCUT2D eigenvalue weighted by Crippen LogP contribution is 1.87. The van der Waals surface area contributed by atoms with Crippen molar-refractivity contribution in [1.82, 2.24) is 10.3 Å². The minimum atomic E-state index is 0.466. The van der Waals surface area contributed by atoms with Crippen molar-refractivity contribution >= 4 is 6.34 Å². The highest BCUT2D eigenvalue weighted by Gasteiger charge is 1.94. The molecule has 0 unspecified atom stereocenters. The largest absolute Gasteiger partial charge is 0.362 e. The molecule has 0 saturated heterocycles. The molecule has 0 aromatic heterocycles. The number of hydrogen-bond donors (Lipinski definition) is 1. The van der Waals surface area contributed by atoms with Crippen LogP contribution in [-0.4, -0.2) is 24.3 Å². The van der Waals surface area contributed by atoms with Crippen LogP contribution in [0.15, 0.2) is 23.6 Å². The summed E-state index contributed by atoms with van der Waals surface area (Å²) in [6.07, 6.45) is 3.27. The van der Waals surface area contributed by atoms with Gasteiger partial charge in [0, 0.05) is 13.1 Å². The van der Waals surface area contributed by atoms with E-state index in [1.165, 1.54) is 0 Å². The molecule has 3 nitrogen and oxygen atoms in total. The van der Waals surface area contributed by atoms with E-state index in [1.807, 2.05) is 11.9 Å². The maximum atomic E-state index is 3.88. The van der Waals surface area contributed by atoms with Crippen molar-refractivity contribution < 1.29 is 0 Å². The molecule has 0 radical (unpaired) electrons. The molecule has 0 atom stereocenters. The summed E-state index contributed by atoms with van der Waals surface area (Å²) in [6, 6.07) is 0.466. The molecule has 1 N–H and O–H groups in total. The van der Waals surface area contributed by atoms with Gasteiger partial charge < -0.3 is 4.90 Å². The molecule has 0 fully saturated rings. The van der Waals surface area contributed by atoms with Crippen molar-refractivity contribution in [2.75, 3.05) is 7.05 Å². The molecule has 0 saturated carbocycles. The standard InChI is InChI=1S/C8H15N3/c1-5-6-9-10-7-11(4)8(2)3/h6-9H,1H2,2-4H3/b10-7-. The zero-order valence-corrected chi connectivity index (χ0v) is 7.33. The fourth-order valence-corrected chi connectivity index (χ4v) is 0.341. The Morgan fingerprint density at radius 3 is 2.73 bits per heavy atom. The van der Waals surface area contributed by atoms with Crippen LogP contribution in [0.5, 0.6) is 0 Å². The van der Waals surface area contributed by atoms with Crippen molar-refractivity contribution in [2.45, 2.75) is 19.9 Å². The van der Waals surface area contributed by atoms with Crippen molar-refractivity contribution in [1.29, 1.82) is 0 Å². The van der Waals surface area contributed by atoms with Gasteiger partial charge in [-0.05, 0) is 13.8 Å². The molecule has 0 aromatic rings. The number of nitrogens with one attached hydrogen (secondary N) is 1. The summed E-state index contributed by atoms with van der Waals surface area (Å²) >= 11 is 0. The van der Waals surface area contributed by atoms with Gasteiger partial charge in [0.25, 0.3) is 0 Å². The Morgan fingerprint density at radius 2 is 2.27 bits per heavy atom. The molecular formula is C8H15N3. The molecule has 62 valence electrons. The fraction of sp³-hybridized carbons (Fsp3) is 0.500. The van der Waals surface area contributed by atoms with Crippen molar-refractivity contribution in [3.05, 3.63) is 18.5 Å². The van der Waals surface area contributed by atoms with Crippen molar-refractivity contribution in [2.24, 2.45) is 5.10 Å². The predicted octanol–water partition coefficient (Wildman–Crippen LogP) is 1.16. The molecule has 0 spiro atoms. The zero-order valence-electron chi connectivity index (χ0n) is 7.33. The summed E-state index contributed by atoms with van der Waals surface area (Å²) in [4.78, 5) is 1.99. The minimum absolute atomic E-state index is 0.466. The molecule has 0 bridgehead atoms. The first kappa shape index (κ1) is 9.79. The van der Waals surface area contributed by atoms with Crippen LogP contribution in [0, 0.1) is 0 Å². The zero-order chi connectivity index (χ0) is 8.69. The van der Waals surface area contributed by atoms with Gasteiger partial charge in [0.15, 0.2) is 0 Å². The molecular weight excluding hydrogens is 138 g/mol. The van der Waals surface area contributed by atoms with Gasteiger partial charge in [-0.25, -0.2) is 0 Å². The van der Waals surface area contributed by atoms with Crippen LogP contribution in [0.1, 0.15) is 13.8 Å². The molecule has 0 aliphatic rings. The molecule has 3 heteroatoms. The quantitative estimate of drug-likeness (QED) is 0.284. The van der Waals surface area contributed by atoms with E-state index >= 15 is 0 Å². The second kappa shape index (κ2) is 5.57. The van der Waals surface area contributed by atoms with Crippen LogP contribution in [0.4, 0.5) is 0 Å². The molecule has 0 heterocycles. The average Bonchev–Trinajstić information content (AvgIpc) is 1.97. The van der Waals surface area contributed by atoms with Crippen LogP contribution in [-0.2, 0) is 0 Å². The second-order valence-corrected chi connectivity index (χ2v) is 2.48. The number of hydrogen-bond acceptors (Lipinski definition) is 2. The maximum Gasteiger partial charge on any atom is 0.111 e. The lowest BCUT2D eigenvalue weighted by Gasteiger charge is -2.16. The summed E-state index contributed by atoms with van der Waals surface area (Å²) in [5.41, 5.74) is 5.20. The van der Waals surface area contributed by atoms with Crippen LogP contribution < -0.4 is 5.43 Å². The van der Waals surface area contributed by atoms with E-state index in [4.69, 9.17) is 0 Å². The smallest absolute Gasteiger partial charge is 0.111 e. The summed E-state index contributed by atoms with van der Waals surface area (Å²) < 4.78 is 0. The second-order valence-electron chi connectivity index (χ2n) is 2.48. The van der Waals surface area contributed by atoms with Crippen LogP contribution in [0.25, 0.3) is 0 Å². The van der Waals surface area contributed by atoms with E-state index in [2.05, 4.69) is 36.7 Å². The minimum Gasteiger partial charge on any atom is -0.362 e. The molecule has 0 amide bonds. The van der Waals surface area contributed by atoms with Crippen molar-refractivity contribution in [3.8, 4) is 0 Å². The van der Waals surface area contributed by atoms with Crippen LogP contribution >= 0.6 is 0 Å². The molecule has 0 aromatic carbocycles. The van der Waals surface area contributed by atoms with Gasteiger partial charge in [-0.3, -0.25) is 5.43 Å². The highest BCUT2D eigenvalue weighted by atomic mass is 15.3. The molecule has 11 heavy (non-hydrogen) atoms. The summed E-state index contributed by atoms with van der Waals surface area (Å²) in [6.45, 7) is 7.57. The highest BCUT2D eigenvalue weighted by molar-refractivity contribution is 5.54. The van der Waals surface area contributed by atoms with E-state index in [0.717, 1.165) is 0 Å². The number of nitrogens with zero attached hydrogens (tertiary/aromatic N) is 2. The summed E-state index contributed by atoms with van der Waals surface area (Å²) in [5.74, 6) is 0. The van der Waals surface area contributed by atoms with Crippen molar-refractivity contribution in [3.63, 3.8) is 0 Å². The predicted molar refractivity (Wildman–Crippen MR) is 48.2 cm³/mol. The van der Waals surface area contributed by atoms with E-state index < -0.39 is 0 Å². The van der Waals surface area contributed by atoms with Crippen LogP contribution in [0.3, 0.4) is 0 Å². The van der Waals surface area contributed by atoms with Gasteiger partial charge in [-0.1, -0.05) is 6.58 Å². The first-order valence-corrected chi connectivity index (χ1v) is 3.53. The van der Waals surface area contributed by atoms with Gasteiger partial charge in [0.2, 0.25) is 0 Å². The summed E-state index contributed by atoms with van der Waals surface area (Å²) in [5, 5.41) is 3.88. The molecule has 0 rings (SSSR count). The van der Waals surface area contributed by atoms with Gasteiger partial charge in [0.1, 0.15) is 6.34 Å². The average molecular weight is 153 g/mol. The first-order chi connectivity index (χ1) is 5.18. The topological polar surface area (TPSA) is 27.6 Å². The van der Waals surface area contributed by atoms with Gasteiger partial charge in [0.05, 0.1) is 6.20 Å². The SMILES string of the molecule is C=C=CN/N=C\N(C)C(C)C. The van der Waals surface area contributed by atoms with Gasteiger partial charge in [-0.15, -0.1) is 5.73 Å².